The van der Waals surface area contributed by atoms with Gasteiger partial charge in [0.05, 0.1) is 5.03 Å². The first-order chi connectivity index (χ1) is 5.49. The van der Waals surface area contributed by atoms with Crippen LogP contribution < -0.4 is 0 Å². The predicted octanol–water partition coefficient (Wildman–Crippen LogP) is -0.144. The summed E-state index contributed by atoms with van der Waals surface area (Å²) in [6.07, 6.45) is 2.25. The number of aliphatic hydroxyl groups is 2. The first-order valence-electron chi connectivity index (χ1n) is 3.18. The molecule has 3 N–H and O–H groups in total. The van der Waals surface area contributed by atoms with E-state index in [0.29, 0.717) is 0 Å². The molecule has 0 radical (unpaired) electrons. The number of carboxylic acids is 1. The lowest BCUT2D eigenvalue weighted by atomic mass is 9.92. The number of rotatable bonds is 1. The quantitative estimate of drug-likeness (QED) is 0.538. The van der Waals surface area contributed by atoms with Crippen LogP contribution in [0.4, 0.5) is 0 Å². The summed E-state index contributed by atoms with van der Waals surface area (Å²) in [4.78, 5) is 10.5. The number of aliphatic hydroxyl groups excluding tert-OH is 1. The van der Waals surface area contributed by atoms with Crippen molar-refractivity contribution in [3.63, 3.8) is 0 Å². The maximum atomic E-state index is 10.5. The third kappa shape index (κ3) is 1.14. The van der Waals surface area contributed by atoms with Gasteiger partial charge in [-0.3, -0.25) is 0 Å². The van der Waals surface area contributed by atoms with Crippen LogP contribution in [0.3, 0.4) is 0 Å². The Morgan fingerprint density at radius 1 is 1.67 bits per heavy atom. The van der Waals surface area contributed by atoms with Gasteiger partial charge in [-0.25, -0.2) is 4.79 Å². The Hall–Kier alpha value is -0.840. The minimum absolute atomic E-state index is 0.301. The first kappa shape index (κ1) is 9.25. The van der Waals surface area contributed by atoms with Crippen LogP contribution in [0, 0.1) is 0 Å². The van der Waals surface area contributed by atoms with Crippen molar-refractivity contribution < 1.29 is 20.1 Å². The van der Waals surface area contributed by atoms with E-state index in [4.69, 9.17) is 21.8 Å². The minimum atomic E-state index is -2.39. The number of hydrogen-bond donors (Lipinski definition) is 3. The van der Waals surface area contributed by atoms with Crippen molar-refractivity contribution in [2.45, 2.75) is 11.7 Å². The Labute approximate surface area is 73.4 Å². The molecule has 0 aliphatic heterocycles. The lowest BCUT2D eigenvalue weighted by molar-refractivity contribution is -0.161. The Morgan fingerprint density at radius 3 is 2.58 bits per heavy atom. The lowest BCUT2D eigenvalue weighted by Crippen LogP contribution is -2.50. The second-order valence-electron chi connectivity index (χ2n) is 2.42. The summed E-state index contributed by atoms with van der Waals surface area (Å²) in [6.45, 7) is 0. The van der Waals surface area contributed by atoms with Gasteiger partial charge in [0.15, 0.2) is 0 Å². The number of carbonyl (C=O) groups is 1. The van der Waals surface area contributed by atoms with Crippen LogP contribution in [0.15, 0.2) is 23.3 Å². The van der Waals surface area contributed by atoms with E-state index in [0.717, 1.165) is 6.08 Å². The Kier molecular flexibility index (Phi) is 2.23. The molecule has 0 aromatic carbocycles. The molecule has 4 nitrogen and oxygen atoms in total. The molecule has 0 heterocycles. The largest absolute Gasteiger partial charge is 0.479 e. The molecule has 1 aliphatic carbocycles. The topological polar surface area (TPSA) is 77.8 Å². The second kappa shape index (κ2) is 2.90. The zero-order valence-electron chi connectivity index (χ0n) is 5.94. The highest BCUT2D eigenvalue weighted by molar-refractivity contribution is 6.33. The van der Waals surface area contributed by atoms with E-state index in [1.807, 2.05) is 0 Å². The summed E-state index contributed by atoms with van der Waals surface area (Å²) in [6, 6.07) is 0. The fraction of sp³-hybridized carbons (Fsp3) is 0.286. The summed E-state index contributed by atoms with van der Waals surface area (Å²) in [5.74, 6) is -1.57. The van der Waals surface area contributed by atoms with Crippen molar-refractivity contribution in [3.05, 3.63) is 23.3 Å². The van der Waals surface area contributed by atoms with E-state index in [-0.39, 0.29) is 5.03 Å². The monoisotopic (exact) mass is 190 g/mol. The molecular formula is C7H7ClO4. The van der Waals surface area contributed by atoms with E-state index in [1.54, 1.807) is 0 Å². The standard InChI is InChI=1S/C7H7ClO4/c8-4-2-1-3-5(9)7(4,12)6(10)11/h1-3,5,9,12H,(H,10,11). The minimum Gasteiger partial charge on any atom is -0.479 e. The average molecular weight is 191 g/mol. The molecular weight excluding hydrogens is 184 g/mol. The van der Waals surface area contributed by atoms with Crippen molar-refractivity contribution in [2.75, 3.05) is 0 Å². The molecule has 0 fully saturated rings. The molecule has 0 bridgehead atoms. The molecule has 0 spiro atoms. The Morgan fingerprint density at radius 2 is 2.25 bits per heavy atom. The van der Waals surface area contributed by atoms with E-state index in [1.165, 1.54) is 12.2 Å². The highest BCUT2D eigenvalue weighted by Crippen LogP contribution is 2.29. The maximum Gasteiger partial charge on any atom is 0.344 e. The summed E-state index contributed by atoms with van der Waals surface area (Å²) < 4.78 is 0. The molecule has 2 atom stereocenters. The van der Waals surface area contributed by atoms with Crippen molar-refractivity contribution in [1.82, 2.24) is 0 Å². The van der Waals surface area contributed by atoms with Crippen LogP contribution in [0.1, 0.15) is 0 Å². The Bertz CT molecular complexity index is 271. The van der Waals surface area contributed by atoms with Crippen molar-refractivity contribution in [3.8, 4) is 0 Å². The number of carboxylic acid groups (broad SMARTS) is 1. The van der Waals surface area contributed by atoms with E-state index < -0.39 is 17.7 Å². The molecule has 1 rings (SSSR count). The summed E-state index contributed by atoms with van der Waals surface area (Å²) in [5, 5.41) is 26.8. The Balaban J connectivity index is 3.10. The predicted molar refractivity (Wildman–Crippen MR) is 41.7 cm³/mol. The molecule has 0 saturated heterocycles. The van der Waals surface area contributed by atoms with E-state index >= 15 is 0 Å². The fourth-order valence-corrected chi connectivity index (χ4v) is 1.15. The summed E-state index contributed by atoms with van der Waals surface area (Å²) in [5.41, 5.74) is -2.39. The zero-order valence-corrected chi connectivity index (χ0v) is 6.69. The maximum absolute atomic E-state index is 10.5. The smallest absolute Gasteiger partial charge is 0.344 e. The van der Waals surface area contributed by atoms with Crippen LogP contribution in [0.25, 0.3) is 0 Å². The van der Waals surface area contributed by atoms with Crippen molar-refractivity contribution in [2.24, 2.45) is 0 Å². The fourth-order valence-electron chi connectivity index (χ4n) is 0.882. The van der Waals surface area contributed by atoms with Gasteiger partial charge in [0.2, 0.25) is 5.60 Å². The van der Waals surface area contributed by atoms with E-state index in [9.17, 15) is 9.90 Å². The molecule has 5 heteroatoms. The van der Waals surface area contributed by atoms with Gasteiger partial charge in [0.1, 0.15) is 6.10 Å². The van der Waals surface area contributed by atoms with Gasteiger partial charge < -0.3 is 15.3 Å². The zero-order chi connectivity index (χ0) is 9.35. The SMILES string of the molecule is O=C(O)C1(O)C(Cl)=CC=CC1O. The summed E-state index contributed by atoms with van der Waals surface area (Å²) >= 11 is 5.43. The van der Waals surface area contributed by atoms with Crippen LogP contribution in [0.2, 0.25) is 0 Å². The van der Waals surface area contributed by atoms with Gasteiger partial charge in [0.25, 0.3) is 0 Å². The highest BCUT2D eigenvalue weighted by atomic mass is 35.5. The van der Waals surface area contributed by atoms with Gasteiger partial charge in [-0.15, -0.1) is 0 Å². The van der Waals surface area contributed by atoms with E-state index in [2.05, 4.69) is 0 Å². The molecule has 2 unspecified atom stereocenters. The third-order valence-corrected chi connectivity index (χ3v) is 2.07. The molecule has 0 saturated carbocycles. The van der Waals surface area contributed by atoms with Crippen molar-refractivity contribution in [1.29, 1.82) is 0 Å². The molecule has 0 aromatic rings. The molecule has 0 amide bonds. The second-order valence-corrected chi connectivity index (χ2v) is 2.82. The molecule has 0 aromatic heterocycles. The van der Waals surface area contributed by atoms with Crippen molar-refractivity contribution >= 4 is 17.6 Å². The van der Waals surface area contributed by atoms with Crippen LogP contribution in [-0.2, 0) is 4.79 Å². The number of halogens is 1. The number of allylic oxidation sites excluding steroid dienone is 2. The average Bonchev–Trinajstić information content (AvgIpc) is 1.99. The third-order valence-electron chi connectivity index (χ3n) is 1.65. The number of hydrogen-bond acceptors (Lipinski definition) is 3. The van der Waals surface area contributed by atoms with Crippen LogP contribution in [-0.4, -0.2) is 33.0 Å². The van der Waals surface area contributed by atoms with Gasteiger partial charge in [0, 0.05) is 0 Å². The molecule has 1 aliphatic rings. The lowest BCUT2D eigenvalue weighted by Gasteiger charge is -2.28. The van der Waals surface area contributed by atoms with Gasteiger partial charge in [-0.05, 0) is 6.08 Å². The number of aliphatic carboxylic acids is 1. The molecule has 66 valence electrons. The van der Waals surface area contributed by atoms with Gasteiger partial charge in [-0.2, -0.15) is 0 Å². The normalized spacial score (nSPS) is 34.6. The molecule has 12 heavy (non-hydrogen) atoms. The van der Waals surface area contributed by atoms with Gasteiger partial charge >= 0.3 is 5.97 Å². The highest BCUT2D eigenvalue weighted by Gasteiger charge is 2.46. The van der Waals surface area contributed by atoms with Gasteiger partial charge in [-0.1, -0.05) is 23.8 Å². The summed E-state index contributed by atoms with van der Waals surface area (Å²) in [7, 11) is 0. The van der Waals surface area contributed by atoms with Crippen LogP contribution in [0.5, 0.6) is 0 Å². The first-order valence-corrected chi connectivity index (χ1v) is 3.55. The van der Waals surface area contributed by atoms with Crippen LogP contribution >= 0.6 is 11.6 Å².